The van der Waals surface area contributed by atoms with E-state index >= 15 is 0 Å². The van der Waals surface area contributed by atoms with Gasteiger partial charge in [0.15, 0.2) is 0 Å². The number of carbonyl (C=O) groups excluding carboxylic acids is 1. The van der Waals surface area contributed by atoms with Crippen molar-refractivity contribution < 1.29 is 9.53 Å². The summed E-state index contributed by atoms with van der Waals surface area (Å²) < 4.78 is 5.75. The molecule has 0 spiro atoms. The van der Waals surface area contributed by atoms with E-state index in [9.17, 15) is 4.79 Å². The van der Waals surface area contributed by atoms with Crippen LogP contribution >= 0.6 is 0 Å². The minimum absolute atomic E-state index is 0.120. The van der Waals surface area contributed by atoms with Gasteiger partial charge in [-0.1, -0.05) is 18.2 Å². The summed E-state index contributed by atoms with van der Waals surface area (Å²) in [6.07, 6.45) is 5.91. The number of anilines is 2. The fourth-order valence-electron chi connectivity index (χ4n) is 3.36. The molecule has 1 saturated heterocycles. The molecule has 2 heterocycles. The Morgan fingerprint density at radius 1 is 1.00 bits per heavy atom. The van der Waals surface area contributed by atoms with Crippen LogP contribution in [-0.4, -0.2) is 24.0 Å². The van der Waals surface area contributed by atoms with Gasteiger partial charge in [0, 0.05) is 36.6 Å². The lowest BCUT2D eigenvalue weighted by atomic mass is 10.2. The number of aromatic nitrogens is 1. The van der Waals surface area contributed by atoms with Crippen LogP contribution in [0.5, 0.6) is 5.75 Å². The lowest BCUT2D eigenvalue weighted by Crippen LogP contribution is -2.21. The number of hydrogen-bond donors (Lipinski definition) is 1. The van der Waals surface area contributed by atoms with Crippen molar-refractivity contribution in [3.8, 4) is 5.75 Å². The molecule has 0 aliphatic carbocycles. The number of carbonyl (C=O) groups is 1. The van der Waals surface area contributed by atoms with Gasteiger partial charge < -0.3 is 15.0 Å². The molecule has 1 aromatic heterocycles. The SMILES string of the molecule is O=C(Nc1ccccc1N1CCCC1)c1ccc(OCc2cccnc2)cc1. The molecule has 5 heteroatoms. The molecule has 5 nitrogen and oxygen atoms in total. The first-order valence-electron chi connectivity index (χ1n) is 9.57. The summed E-state index contributed by atoms with van der Waals surface area (Å²) in [5, 5.41) is 3.05. The van der Waals surface area contributed by atoms with E-state index in [1.807, 2.05) is 42.5 Å². The van der Waals surface area contributed by atoms with Gasteiger partial charge in [0.05, 0.1) is 11.4 Å². The Hall–Kier alpha value is -3.34. The zero-order valence-electron chi connectivity index (χ0n) is 15.7. The molecule has 0 bridgehead atoms. The van der Waals surface area contributed by atoms with Gasteiger partial charge in [0.25, 0.3) is 5.91 Å². The number of pyridine rings is 1. The van der Waals surface area contributed by atoms with Crippen LogP contribution in [0.15, 0.2) is 73.1 Å². The summed E-state index contributed by atoms with van der Waals surface area (Å²) in [6.45, 7) is 2.52. The molecule has 28 heavy (non-hydrogen) atoms. The molecule has 1 aliphatic heterocycles. The van der Waals surface area contributed by atoms with Gasteiger partial charge in [-0.3, -0.25) is 9.78 Å². The van der Waals surface area contributed by atoms with Crippen LogP contribution < -0.4 is 15.0 Å². The topological polar surface area (TPSA) is 54.5 Å². The highest BCUT2D eigenvalue weighted by Gasteiger charge is 2.17. The number of nitrogens with zero attached hydrogens (tertiary/aromatic N) is 2. The summed E-state index contributed by atoms with van der Waals surface area (Å²) in [5.74, 6) is 0.600. The summed E-state index contributed by atoms with van der Waals surface area (Å²) >= 11 is 0. The predicted octanol–water partition coefficient (Wildman–Crippen LogP) is 4.51. The second-order valence-corrected chi connectivity index (χ2v) is 6.84. The Morgan fingerprint density at radius 3 is 2.54 bits per heavy atom. The summed E-state index contributed by atoms with van der Waals surface area (Å²) in [5.41, 5.74) is 3.55. The summed E-state index contributed by atoms with van der Waals surface area (Å²) in [6, 6.07) is 19.0. The minimum atomic E-state index is -0.120. The first kappa shape index (κ1) is 18.0. The molecule has 1 amide bonds. The number of rotatable bonds is 6. The second kappa shape index (κ2) is 8.57. The van der Waals surface area contributed by atoms with E-state index in [0.29, 0.717) is 12.2 Å². The van der Waals surface area contributed by atoms with Crippen molar-refractivity contribution in [3.05, 3.63) is 84.2 Å². The molecule has 2 aromatic carbocycles. The Labute approximate surface area is 165 Å². The highest BCUT2D eigenvalue weighted by atomic mass is 16.5. The first-order valence-corrected chi connectivity index (χ1v) is 9.57. The first-order chi connectivity index (χ1) is 13.8. The molecule has 0 radical (unpaired) electrons. The number of benzene rings is 2. The Kier molecular flexibility index (Phi) is 5.52. The highest BCUT2D eigenvalue weighted by molar-refractivity contribution is 6.06. The molecule has 0 unspecified atom stereocenters. The van der Waals surface area contributed by atoms with Crippen LogP contribution in [0.4, 0.5) is 11.4 Å². The Bertz CT molecular complexity index is 920. The quantitative estimate of drug-likeness (QED) is 0.691. The van der Waals surface area contributed by atoms with E-state index in [1.165, 1.54) is 12.8 Å². The van der Waals surface area contributed by atoms with Crippen molar-refractivity contribution in [3.63, 3.8) is 0 Å². The lowest BCUT2D eigenvalue weighted by molar-refractivity contribution is 0.102. The fourth-order valence-corrected chi connectivity index (χ4v) is 3.36. The number of hydrogen-bond acceptors (Lipinski definition) is 4. The number of amides is 1. The zero-order chi connectivity index (χ0) is 19.2. The minimum Gasteiger partial charge on any atom is -0.489 e. The molecule has 0 atom stereocenters. The standard InChI is InChI=1S/C23H23N3O2/c27-23(25-21-7-1-2-8-22(21)26-14-3-4-15-26)19-9-11-20(12-10-19)28-17-18-6-5-13-24-16-18/h1-2,5-13,16H,3-4,14-15,17H2,(H,25,27). The van der Waals surface area contributed by atoms with Gasteiger partial charge in [-0.05, 0) is 55.3 Å². The largest absolute Gasteiger partial charge is 0.489 e. The van der Waals surface area contributed by atoms with Gasteiger partial charge in [0.1, 0.15) is 12.4 Å². The predicted molar refractivity (Wildman–Crippen MR) is 111 cm³/mol. The van der Waals surface area contributed by atoms with Crippen LogP contribution in [0.1, 0.15) is 28.8 Å². The molecule has 4 rings (SSSR count). The highest BCUT2D eigenvalue weighted by Crippen LogP contribution is 2.29. The van der Waals surface area contributed by atoms with E-state index in [0.717, 1.165) is 35.8 Å². The van der Waals surface area contributed by atoms with Crippen LogP contribution in [0, 0.1) is 0 Å². The Morgan fingerprint density at radius 2 is 1.79 bits per heavy atom. The third-order valence-electron chi connectivity index (χ3n) is 4.84. The Balaban J connectivity index is 1.40. The van der Waals surface area contributed by atoms with Crippen LogP contribution in [-0.2, 0) is 6.61 Å². The second-order valence-electron chi connectivity index (χ2n) is 6.84. The van der Waals surface area contributed by atoms with Crippen molar-refractivity contribution >= 4 is 17.3 Å². The van der Waals surface area contributed by atoms with E-state index in [2.05, 4.69) is 21.3 Å². The normalized spacial score (nSPS) is 13.4. The molecular weight excluding hydrogens is 350 g/mol. The maximum atomic E-state index is 12.7. The zero-order valence-corrected chi connectivity index (χ0v) is 15.7. The van der Waals surface area contributed by atoms with Gasteiger partial charge in [-0.25, -0.2) is 0 Å². The van der Waals surface area contributed by atoms with Crippen molar-refractivity contribution in [1.82, 2.24) is 4.98 Å². The summed E-state index contributed by atoms with van der Waals surface area (Å²) in [7, 11) is 0. The van der Waals surface area contributed by atoms with E-state index in [-0.39, 0.29) is 5.91 Å². The molecular formula is C23H23N3O2. The number of para-hydroxylation sites is 2. The van der Waals surface area contributed by atoms with E-state index < -0.39 is 0 Å². The average molecular weight is 373 g/mol. The van der Waals surface area contributed by atoms with Gasteiger partial charge in [-0.2, -0.15) is 0 Å². The maximum absolute atomic E-state index is 12.7. The van der Waals surface area contributed by atoms with Crippen molar-refractivity contribution in [2.45, 2.75) is 19.4 Å². The molecule has 1 N–H and O–H groups in total. The monoisotopic (exact) mass is 373 g/mol. The fraction of sp³-hybridized carbons (Fsp3) is 0.217. The smallest absolute Gasteiger partial charge is 0.255 e. The van der Waals surface area contributed by atoms with Crippen molar-refractivity contribution in [2.75, 3.05) is 23.3 Å². The average Bonchev–Trinajstić information content (AvgIpc) is 3.28. The summed E-state index contributed by atoms with van der Waals surface area (Å²) in [4.78, 5) is 19.1. The molecule has 142 valence electrons. The van der Waals surface area contributed by atoms with Gasteiger partial charge in [-0.15, -0.1) is 0 Å². The molecule has 1 aliphatic rings. The van der Waals surface area contributed by atoms with Gasteiger partial charge >= 0.3 is 0 Å². The maximum Gasteiger partial charge on any atom is 0.255 e. The van der Waals surface area contributed by atoms with Crippen LogP contribution in [0.3, 0.4) is 0 Å². The van der Waals surface area contributed by atoms with E-state index in [1.54, 1.807) is 24.5 Å². The lowest BCUT2D eigenvalue weighted by Gasteiger charge is -2.21. The third kappa shape index (κ3) is 4.31. The molecule has 3 aromatic rings. The van der Waals surface area contributed by atoms with E-state index in [4.69, 9.17) is 4.74 Å². The number of nitrogens with one attached hydrogen (secondary N) is 1. The number of ether oxygens (including phenoxy) is 1. The molecule has 0 saturated carbocycles. The molecule has 1 fully saturated rings. The van der Waals surface area contributed by atoms with Gasteiger partial charge in [0.2, 0.25) is 0 Å². The van der Waals surface area contributed by atoms with Crippen molar-refractivity contribution in [1.29, 1.82) is 0 Å². The van der Waals surface area contributed by atoms with Crippen LogP contribution in [0.2, 0.25) is 0 Å². The van der Waals surface area contributed by atoms with Crippen LogP contribution in [0.25, 0.3) is 0 Å². The van der Waals surface area contributed by atoms with Crippen molar-refractivity contribution in [2.24, 2.45) is 0 Å². The third-order valence-corrected chi connectivity index (χ3v) is 4.84.